The number of sulfonamides is 1. The Labute approximate surface area is 120 Å². The number of halogens is 1. The van der Waals surface area contributed by atoms with Crippen LogP contribution in [0.1, 0.15) is 5.56 Å². The van der Waals surface area contributed by atoms with Gasteiger partial charge >= 0.3 is 0 Å². The molecule has 0 amide bonds. The van der Waals surface area contributed by atoms with Crippen molar-refractivity contribution in [1.82, 2.24) is 4.72 Å². The van der Waals surface area contributed by atoms with E-state index in [9.17, 15) is 18.5 Å². The topological polar surface area (TPSA) is 89.3 Å². The monoisotopic (exact) mass is 324 g/mol. The van der Waals surface area contributed by atoms with Crippen LogP contribution in [0.15, 0.2) is 17.0 Å². The van der Waals surface area contributed by atoms with Crippen molar-refractivity contribution in [3.63, 3.8) is 0 Å². The molecular formula is C10H13ClN2O4S2. The summed E-state index contributed by atoms with van der Waals surface area (Å²) >= 11 is 7.21. The van der Waals surface area contributed by atoms with Gasteiger partial charge in [-0.2, -0.15) is 11.8 Å². The summed E-state index contributed by atoms with van der Waals surface area (Å²) in [5.41, 5.74) is -0.0511. The summed E-state index contributed by atoms with van der Waals surface area (Å²) in [6.45, 7) is 1.80. The molecule has 19 heavy (non-hydrogen) atoms. The Morgan fingerprint density at radius 2 is 2.11 bits per heavy atom. The Balaban J connectivity index is 3.19. The zero-order chi connectivity index (χ0) is 14.6. The molecule has 0 saturated heterocycles. The second-order valence-corrected chi connectivity index (χ2v) is 6.84. The van der Waals surface area contributed by atoms with E-state index < -0.39 is 20.6 Å². The third-order valence-corrected chi connectivity index (χ3v) is 4.85. The minimum Gasteiger partial charge on any atom is -0.258 e. The smallest absolute Gasteiger partial charge is 0.258 e. The van der Waals surface area contributed by atoms with Crippen LogP contribution >= 0.6 is 23.4 Å². The molecule has 0 spiro atoms. The quantitative estimate of drug-likeness (QED) is 0.492. The maximum atomic E-state index is 12.0. The lowest BCUT2D eigenvalue weighted by molar-refractivity contribution is -0.384. The van der Waals surface area contributed by atoms with Crippen LogP contribution < -0.4 is 4.72 Å². The highest BCUT2D eigenvalue weighted by Gasteiger charge is 2.23. The molecule has 0 fully saturated rings. The molecule has 0 unspecified atom stereocenters. The molecule has 1 rings (SSSR count). The fourth-order valence-electron chi connectivity index (χ4n) is 1.43. The summed E-state index contributed by atoms with van der Waals surface area (Å²) in [5.74, 6) is 0.619. The van der Waals surface area contributed by atoms with Crippen LogP contribution in [-0.2, 0) is 10.0 Å². The average Bonchev–Trinajstić information content (AvgIpc) is 2.28. The zero-order valence-electron chi connectivity index (χ0n) is 10.3. The Bertz CT molecular complexity index is 589. The van der Waals surface area contributed by atoms with E-state index in [-0.39, 0.29) is 16.5 Å². The fraction of sp³-hybridized carbons (Fsp3) is 0.400. The highest BCUT2D eigenvalue weighted by molar-refractivity contribution is 7.98. The summed E-state index contributed by atoms with van der Waals surface area (Å²) in [4.78, 5) is 9.95. The SMILES string of the molecule is CSCCNS(=O)(=O)c1cc([N+](=O)[O-])c(Cl)cc1C. The third-order valence-electron chi connectivity index (χ3n) is 2.33. The Morgan fingerprint density at radius 3 is 2.63 bits per heavy atom. The van der Waals surface area contributed by atoms with Crippen molar-refractivity contribution < 1.29 is 13.3 Å². The second kappa shape index (κ2) is 6.56. The number of aryl methyl sites for hydroxylation is 1. The van der Waals surface area contributed by atoms with Gasteiger partial charge in [0, 0.05) is 18.4 Å². The lowest BCUT2D eigenvalue weighted by Crippen LogP contribution is -2.26. The van der Waals surface area contributed by atoms with Gasteiger partial charge in [0.1, 0.15) is 5.02 Å². The van der Waals surface area contributed by atoms with Gasteiger partial charge < -0.3 is 0 Å². The first kappa shape index (κ1) is 16.2. The van der Waals surface area contributed by atoms with Crippen molar-refractivity contribution in [2.75, 3.05) is 18.6 Å². The molecule has 0 radical (unpaired) electrons. The van der Waals surface area contributed by atoms with Gasteiger partial charge in [-0.1, -0.05) is 11.6 Å². The predicted molar refractivity (Wildman–Crippen MR) is 76.4 cm³/mol. The maximum Gasteiger partial charge on any atom is 0.289 e. The number of benzene rings is 1. The van der Waals surface area contributed by atoms with E-state index in [0.29, 0.717) is 11.3 Å². The number of nitro benzene ring substituents is 1. The molecule has 0 saturated carbocycles. The van der Waals surface area contributed by atoms with Crippen LogP contribution in [0.2, 0.25) is 5.02 Å². The van der Waals surface area contributed by atoms with Crippen LogP contribution in [0.3, 0.4) is 0 Å². The highest BCUT2D eigenvalue weighted by Crippen LogP contribution is 2.29. The number of thioether (sulfide) groups is 1. The summed E-state index contributed by atoms with van der Waals surface area (Å²) < 4.78 is 26.4. The van der Waals surface area contributed by atoms with E-state index in [0.717, 1.165) is 6.07 Å². The van der Waals surface area contributed by atoms with Crippen LogP contribution in [0, 0.1) is 17.0 Å². The molecule has 0 aliphatic heterocycles. The van der Waals surface area contributed by atoms with E-state index in [1.54, 1.807) is 6.92 Å². The van der Waals surface area contributed by atoms with Crippen molar-refractivity contribution in [2.24, 2.45) is 0 Å². The van der Waals surface area contributed by atoms with Crippen LogP contribution in [-0.4, -0.2) is 31.9 Å². The third kappa shape index (κ3) is 4.07. The Kier molecular flexibility index (Phi) is 5.60. The van der Waals surface area contributed by atoms with Gasteiger partial charge in [-0.05, 0) is 24.8 Å². The van der Waals surface area contributed by atoms with E-state index >= 15 is 0 Å². The molecule has 0 aliphatic rings. The zero-order valence-corrected chi connectivity index (χ0v) is 12.7. The molecule has 0 bridgehead atoms. The van der Waals surface area contributed by atoms with Crippen molar-refractivity contribution >= 4 is 39.1 Å². The summed E-state index contributed by atoms with van der Waals surface area (Å²) in [6, 6.07) is 2.27. The molecule has 0 aliphatic carbocycles. The summed E-state index contributed by atoms with van der Waals surface area (Å²) in [6.07, 6.45) is 1.85. The molecule has 9 heteroatoms. The van der Waals surface area contributed by atoms with E-state index in [1.807, 2.05) is 6.26 Å². The first-order valence-corrected chi connectivity index (χ1v) is 8.48. The fourth-order valence-corrected chi connectivity index (χ4v) is 3.43. The average molecular weight is 325 g/mol. The number of hydrogen-bond acceptors (Lipinski definition) is 5. The van der Waals surface area contributed by atoms with Crippen molar-refractivity contribution in [2.45, 2.75) is 11.8 Å². The molecule has 1 aromatic rings. The van der Waals surface area contributed by atoms with Gasteiger partial charge in [0.15, 0.2) is 0 Å². The molecule has 0 aromatic heterocycles. The maximum absolute atomic E-state index is 12.0. The van der Waals surface area contributed by atoms with Gasteiger partial charge in [0.25, 0.3) is 5.69 Å². The van der Waals surface area contributed by atoms with Gasteiger partial charge in [-0.25, -0.2) is 13.1 Å². The molecular weight excluding hydrogens is 312 g/mol. The van der Waals surface area contributed by atoms with Gasteiger partial charge in [-0.3, -0.25) is 10.1 Å². The largest absolute Gasteiger partial charge is 0.289 e. The number of hydrogen-bond donors (Lipinski definition) is 1. The molecule has 1 aromatic carbocycles. The molecule has 0 heterocycles. The predicted octanol–water partition coefficient (Wildman–Crippen LogP) is 2.20. The van der Waals surface area contributed by atoms with Gasteiger partial charge in [0.05, 0.1) is 9.82 Å². The van der Waals surface area contributed by atoms with Crippen LogP contribution in [0.5, 0.6) is 0 Å². The van der Waals surface area contributed by atoms with Crippen LogP contribution in [0.25, 0.3) is 0 Å². The molecule has 106 valence electrons. The Hall–Kier alpha value is -0.830. The van der Waals surface area contributed by atoms with Crippen molar-refractivity contribution in [1.29, 1.82) is 0 Å². The van der Waals surface area contributed by atoms with Crippen LogP contribution in [0.4, 0.5) is 5.69 Å². The van der Waals surface area contributed by atoms with Crippen molar-refractivity contribution in [3.05, 3.63) is 32.8 Å². The molecule has 6 nitrogen and oxygen atoms in total. The lowest BCUT2D eigenvalue weighted by atomic mass is 10.2. The van der Waals surface area contributed by atoms with Gasteiger partial charge in [0.2, 0.25) is 10.0 Å². The Morgan fingerprint density at radius 1 is 1.47 bits per heavy atom. The van der Waals surface area contributed by atoms with E-state index in [2.05, 4.69) is 4.72 Å². The second-order valence-electron chi connectivity index (χ2n) is 3.72. The number of nitrogens with zero attached hydrogens (tertiary/aromatic N) is 1. The first-order chi connectivity index (χ1) is 8.79. The van der Waals surface area contributed by atoms with Crippen molar-refractivity contribution in [3.8, 4) is 0 Å². The highest BCUT2D eigenvalue weighted by atomic mass is 35.5. The summed E-state index contributed by atoms with van der Waals surface area (Å²) in [7, 11) is -3.76. The standard InChI is InChI=1S/C10H13ClN2O4S2/c1-7-5-8(11)9(13(14)15)6-10(7)19(16,17)12-3-4-18-2/h5-6,12H,3-4H2,1-2H3. The minimum absolute atomic E-state index is 0.0782. The molecule has 0 atom stereocenters. The summed E-state index contributed by atoms with van der Waals surface area (Å²) in [5, 5.41) is 10.7. The normalized spacial score (nSPS) is 11.5. The number of nitro groups is 1. The molecule has 1 N–H and O–H groups in total. The lowest BCUT2D eigenvalue weighted by Gasteiger charge is -2.09. The first-order valence-electron chi connectivity index (χ1n) is 5.22. The van der Waals surface area contributed by atoms with E-state index in [4.69, 9.17) is 11.6 Å². The number of rotatable bonds is 6. The number of nitrogens with one attached hydrogen (secondary N) is 1. The van der Waals surface area contributed by atoms with Gasteiger partial charge in [-0.15, -0.1) is 0 Å². The minimum atomic E-state index is -3.76. The van der Waals surface area contributed by atoms with E-state index in [1.165, 1.54) is 17.8 Å².